The van der Waals surface area contributed by atoms with Gasteiger partial charge < -0.3 is 5.32 Å². The average molecular weight is 471 g/mol. The fourth-order valence-corrected chi connectivity index (χ4v) is 3.87. The zero-order valence-corrected chi connectivity index (χ0v) is 17.5. The third-order valence-electron chi connectivity index (χ3n) is 3.57. The number of benzene rings is 2. The van der Waals surface area contributed by atoms with Crippen molar-refractivity contribution in [1.82, 2.24) is 9.55 Å². The summed E-state index contributed by atoms with van der Waals surface area (Å²) in [5, 5.41) is 3.93. The van der Waals surface area contributed by atoms with E-state index in [4.69, 9.17) is 23.2 Å². The number of thioether (sulfide) groups is 1. The summed E-state index contributed by atoms with van der Waals surface area (Å²) in [4.78, 5) is 16.9. The lowest BCUT2D eigenvalue weighted by Crippen LogP contribution is -2.23. The predicted molar refractivity (Wildman–Crippen MR) is 112 cm³/mol. The van der Waals surface area contributed by atoms with Crippen molar-refractivity contribution in [2.75, 3.05) is 5.32 Å². The molecule has 3 aromatic rings. The van der Waals surface area contributed by atoms with Crippen LogP contribution in [0.5, 0.6) is 0 Å². The molecule has 1 atom stereocenters. The van der Waals surface area contributed by atoms with Gasteiger partial charge in [0.05, 0.1) is 21.0 Å². The first-order valence-corrected chi connectivity index (χ1v) is 10.1. The summed E-state index contributed by atoms with van der Waals surface area (Å²) in [6.07, 6.45) is 3.57. The lowest BCUT2D eigenvalue weighted by molar-refractivity contribution is -0.115. The first-order valence-electron chi connectivity index (χ1n) is 7.66. The maximum Gasteiger partial charge on any atom is 0.237 e. The van der Waals surface area contributed by atoms with Gasteiger partial charge in [0.15, 0.2) is 5.16 Å². The number of halogens is 3. The highest BCUT2D eigenvalue weighted by Crippen LogP contribution is 2.31. The van der Waals surface area contributed by atoms with E-state index in [-0.39, 0.29) is 11.2 Å². The quantitative estimate of drug-likeness (QED) is 0.461. The fourth-order valence-electron chi connectivity index (χ4n) is 2.23. The van der Waals surface area contributed by atoms with Crippen molar-refractivity contribution >= 4 is 62.5 Å². The van der Waals surface area contributed by atoms with Crippen LogP contribution in [0.1, 0.15) is 6.92 Å². The van der Waals surface area contributed by atoms with Crippen molar-refractivity contribution < 1.29 is 4.79 Å². The van der Waals surface area contributed by atoms with Gasteiger partial charge in [-0.2, -0.15) is 0 Å². The van der Waals surface area contributed by atoms with E-state index in [0.29, 0.717) is 15.7 Å². The lowest BCUT2D eigenvalue weighted by atomic mass is 10.3. The smallest absolute Gasteiger partial charge is 0.237 e. The standard InChI is InChI=1S/C18H14BrCl2N3OS/c1-11(17(25)23-16-14(20)3-2-4-15(16)21)26-18-22-9-10-24(18)13-7-5-12(19)6-8-13/h2-11H,1H3,(H,23,25). The molecule has 0 bridgehead atoms. The van der Waals surface area contributed by atoms with E-state index in [2.05, 4.69) is 26.2 Å². The normalized spacial score (nSPS) is 12.0. The van der Waals surface area contributed by atoms with Gasteiger partial charge in [-0.05, 0) is 43.3 Å². The van der Waals surface area contributed by atoms with Crippen molar-refractivity contribution in [3.8, 4) is 5.69 Å². The molecule has 1 aromatic heterocycles. The molecule has 8 heteroatoms. The Balaban J connectivity index is 1.74. The number of nitrogens with one attached hydrogen (secondary N) is 1. The zero-order valence-electron chi connectivity index (χ0n) is 13.6. The summed E-state index contributed by atoms with van der Waals surface area (Å²) in [5.74, 6) is -0.199. The second-order valence-corrected chi connectivity index (χ2v) is 8.44. The minimum Gasteiger partial charge on any atom is -0.323 e. The van der Waals surface area contributed by atoms with Crippen LogP contribution < -0.4 is 5.32 Å². The SMILES string of the molecule is CC(Sc1nccn1-c1ccc(Br)cc1)C(=O)Nc1c(Cl)cccc1Cl. The van der Waals surface area contributed by atoms with Crippen molar-refractivity contribution in [3.63, 3.8) is 0 Å². The number of rotatable bonds is 5. The molecule has 4 nitrogen and oxygen atoms in total. The number of hydrogen-bond donors (Lipinski definition) is 1. The number of para-hydroxylation sites is 1. The molecule has 26 heavy (non-hydrogen) atoms. The van der Waals surface area contributed by atoms with E-state index in [1.807, 2.05) is 42.0 Å². The molecular formula is C18H14BrCl2N3OS. The Bertz CT molecular complexity index is 910. The summed E-state index contributed by atoms with van der Waals surface area (Å²) in [7, 11) is 0. The van der Waals surface area contributed by atoms with Crippen LogP contribution in [0.3, 0.4) is 0 Å². The van der Waals surface area contributed by atoms with Crippen LogP contribution in [0.4, 0.5) is 5.69 Å². The van der Waals surface area contributed by atoms with Crippen LogP contribution in [0.2, 0.25) is 10.0 Å². The highest BCUT2D eigenvalue weighted by molar-refractivity contribution is 9.10. The summed E-state index contributed by atoms with van der Waals surface area (Å²) in [6, 6.07) is 13.0. The van der Waals surface area contributed by atoms with Crippen LogP contribution in [-0.2, 0) is 4.79 Å². The molecule has 1 heterocycles. The minimum absolute atomic E-state index is 0.199. The second-order valence-electron chi connectivity index (χ2n) is 5.40. The molecule has 1 amide bonds. The molecule has 1 N–H and O–H groups in total. The zero-order chi connectivity index (χ0) is 18.7. The number of carbonyl (C=O) groups excluding carboxylic acids is 1. The van der Waals surface area contributed by atoms with Crippen molar-refractivity contribution in [1.29, 1.82) is 0 Å². The molecule has 0 aliphatic heterocycles. The number of amides is 1. The van der Waals surface area contributed by atoms with Gasteiger partial charge in [-0.1, -0.05) is 57.0 Å². The number of anilines is 1. The molecule has 1 unspecified atom stereocenters. The van der Waals surface area contributed by atoms with E-state index in [0.717, 1.165) is 15.3 Å². The Morgan fingerprint density at radius 3 is 2.50 bits per heavy atom. The molecule has 0 spiro atoms. The Morgan fingerprint density at radius 1 is 1.19 bits per heavy atom. The Hall–Kier alpha value is -1.47. The third-order valence-corrected chi connectivity index (χ3v) is 5.81. The van der Waals surface area contributed by atoms with Crippen LogP contribution in [0, 0.1) is 0 Å². The highest BCUT2D eigenvalue weighted by Gasteiger charge is 2.19. The van der Waals surface area contributed by atoms with Gasteiger partial charge >= 0.3 is 0 Å². The van der Waals surface area contributed by atoms with E-state index >= 15 is 0 Å². The summed E-state index contributed by atoms with van der Waals surface area (Å²) >= 11 is 17.0. The van der Waals surface area contributed by atoms with E-state index < -0.39 is 0 Å². The molecular weight excluding hydrogens is 457 g/mol. The van der Waals surface area contributed by atoms with Gasteiger partial charge in [0.1, 0.15) is 0 Å². The Kier molecular flexibility index (Phi) is 6.29. The Labute approximate surface area is 174 Å². The summed E-state index contributed by atoms with van der Waals surface area (Å²) < 4.78 is 2.93. The van der Waals surface area contributed by atoms with Crippen LogP contribution in [0.25, 0.3) is 5.69 Å². The van der Waals surface area contributed by atoms with Gasteiger partial charge in [-0.3, -0.25) is 9.36 Å². The molecule has 0 saturated heterocycles. The first-order chi connectivity index (χ1) is 12.5. The van der Waals surface area contributed by atoms with Crippen LogP contribution in [-0.4, -0.2) is 20.7 Å². The summed E-state index contributed by atoms with van der Waals surface area (Å²) in [5.41, 5.74) is 1.39. The highest BCUT2D eigenvalue weighted by atomic mass is 79.9. The Morgan fingerprint density at radius 2 is 1.85 bits per heavy atom. The van der Waals surface area contributed by atoms with E-state index in [9.17, 15) is 4.79 Å². The molecule has 2 aromatic carbocycles. The maximum absolute atomic E-state index is 12.5. The molecule has 134 valence electrons. The van der Waals surface area contributed by atoms with Crippen LogP contribution >= 0.6 is 50.9 Å². The topological polar surface area (TPSA) is 46.9 Å². The lowest BCUT2D eigenvalue weighted by Gasteiger charge is -2.14. The molecule has 0 aliphatic rings. The average Bonchev–Trinajstić information content (AvgIpc) is 3.07. The number of hydrogen-bond acceptors (Lipinski definition) is 3. The summed E-state index contributed by atoms with van der Waals surface area (Å²) in [6.45, 7) is 1.81. The molecule has 3 rings (SSSR count). The number of carbonyl (C=O) groups is 1. The third kappa shape index (κ3) is 4.43. The largest absolute Gasteiger partial charge is 0.323 e. The van der Waals surface area contributed by atoms with Crippen molar-refractivity contribution in [2.24, 2.45) is 0 Å². The molecule has 0 aliphatic carbocycles. The van der Waals surface area contributed by atoms with E-state index in [1.54, 1.807) is 24.4 Å². The maximum atomic E-state index is 12.5. The molecule has 0 fully saturated rings. The molecule has 0 radical (unpaired) electrons. The number of imidazole rings is 1. The predicted octanol–water partition coefficient (Wildman–Crippen LogP) is 6.06. The number of nitrogens with zero attached hydrogens (tertiary/aromatic N) is 2. The monoisotopic (exact) mass is 469 g/mol. The van der Waals surface area contributed by atoms with Gasteiger partial charge in [0.2, 0.25) is 5.91 Å². The second kappa shape index (κ2) is 8.48. The van der Waals surface area contributed by atoms with Crippen LogP contribution in [0.15, 0.2) is 64.5 Å². The van der Waals surface area contributed by atoms with E-state index in [1.165, 1.54) is 11.8 Å². The number of aromatic nitrogens is 2. The van der Waals surface area contributed by atoms with Crippen molar-refractivity contribution in [3.05, 3.63) is 69.4 Å². The first kappa shape index (κ1) is 19.3. The van der Waals surface area contributed by atoms with Gasteiger partial charge in [0.25, 0.3) is 0 Å². The van der Waals surface area contributed by atoms with Gasteiger partial charge in [-0.25, -0.2) is 4.98 Å². The van der Waals surface area contributed by atoms with Gasteiger partial charge in [0, 0.05) is 22.6 Å². The fraction of sp³-hybridized carbons (Fsp3) is 0.111. The molecule has 0 saturated carbocycles. The van der Waals surface area contributed by atoms with Crippen molar-refractivity contribution in [2.45, 2.75) is 17.3 Å². The van der Waals surface area contributed by atoms with Gasteiger partial charge in [-0.15, -0.1) is 0 Å². The minimum atomic E-state index is -0.390.